The van der Waals surface area contributed by atoms with Crippen molar-refractivity contribution >= 4 is 11.2 Å². The first-order valence-corrected chi connectivity index (χ1v) is 7.78. The Hall–Kier alpha value is -2.34. The van der Waals surface area contributed by atoms with E-state index in [-0.39, 0.29) is 0 Å². The highest BCUT2D eigenvalue weighted by Gasteiger charge is 1.95. The molecule has 0 aliphatic carbocycles. The SMILES string of the molecule is Cc1ccc(S#Cc2ccc(-c3ccccc3)cc2)cc1. The summed E-state index contributed by atoms with van der Waals surface area (Å²) in [7, 11) is 0. The monoisotopic (exact) mass is 288 g/mol. The van der Waals surface area contributed by atoms with Crippen molar-refractivity contribution in [3.05, 3.63) is 90.0 Å². The van der Waals surface area contributed by atoms with Crippen LogP contribution in [0.1, 0.15) is 11.1 Å². The Kier molecular flexibility index (Phi) is 4.16. The normalized spacial score (nSPS) is 9.95. The summed E-state index contributed by atoms with van der Waals surface area (Å²) < 4.78 is 0. The van der Waals surface area contributed by atoms with E-state index in [2.05, 4.69) is 84.9 Å². The van der Waals surface area contributed by atoms with Crippen molar-refractivity contribution in [2.45, 2.75) is 11.8 Å². The Morgan fingerprint density at radius 2 is 1.29 bits per heavy atom. The van der Waals surface area contributed by atoms with Gasteiger partial charge in [0.25, 0.3) is 0 Å². The van der Waals surface area contributed by atoms with Gasteiger partial charge in [-0.1, -0.05) is 71.3 Å². The molecule has 21 heavy (non-hydrogen) atoms. The smallest absolute Gasteiger partial charge is 0.0354 e. The molecule has 3 aromatic rings. The van der Waals surface area contributed by atoms with Crippen molar-refractivity contribution in [2.75, 3.05) is 0 Å². The quantitative estimate of drug-likeness (QED) is 0.534. The maximum atomic E-state index is 3.38. The first-order chi connectivity index (χ1) is 10.3. The molecule has 0 aromatic heterocycles. The van der Waals surface area contributed by atoms with Crippen molar-refractivity contribution in [3.63, 3.8) is 0 Å². The largest absolute Gasteiger partial charge is 0.0924 e. The van der Waals surface area contributed by atoms with Gasteiger partial charge in [-0.2, -0.15) is 0 Å². The van der Waals surface area contributed by atoms with Gasteiger partial charge in [-0.05, 0) is 47.5 Å². The zero-order chi connectivity index (χ0) is 14.5. The summed E-state index contributed by atoms with van der Waals surface area (Å²) in [6, 6.07) is 27.5. The molecule has 3 rings (SSSR count). The Morgan fingerprint density at radius 1 is 0.667 bits per heavy atom. The van der Waals surface area contributed by atoms with Crippen LogP contribution in [0.25, 0.3) is 11.1 Å². The summed E-state index contributed by atoms with van der Waals surface area (Å²) in [6.45, 7) is 2.10. The summed E-state index contributed by atoms with van der Waals surface area (Å²) in [4.78, 5) is 1.22. The fourth-order valence-electron chi connectivity index (χ4n) is 2.09. The van der Waals surface area contributed by atoms with Crippen LogP contribution in [-0.2, 0) is 0 Å². The fraction of sp³-hybridized carbons (Fsp3) is 0.0500. The molecule has 0 radical (unpaired) electrons. The first-order valence-electron chi connectivity index (χ1n) is 6.96. The van der Waals surface area contributed by atoms with Crippen molar-refractivity contribution in [2.24, 2.45) is 0 Å². The van der Waals surface area contributed by atoms with Crippen LogP contribution in [0.3, 0.4) is 0 Å². The van der Waals surface area contributed by atoms with E-state index in [1.807, 2.05) is 6.07 Å². The highest BCUT2D eigenvalue weighted by molar-refractivity contribution is 7.88. The van der Waals surface area contributed by atoms with Gasteiger partial charge >= 0.3 is 0 Å². The zero-order valence-corrected chi connectivity index (χ0v) is 12.7. The van der Waals surface area contributed by atoms with Crippen molar-refractivity contribution in [1.29, 1.82) is 0 Å². The lowest BCUT2D eigenvalue weighted by Gasteiger charge is -2.00. The molecule has 0 bridgehead atoms. The molecule has 0 amide bonds. The van der Waals surface area contributed by atoms with Crippen LogP contribution in [0.4, 0.5) is 0 Å². The topological polar surface area (TPSA) is 0 Å². The molecule has 0 saturated heterocycles. The molecule has 0 fully saturated rings. The van der Waals surface area contributed by atoms with Crippen LogP contribution >= 0.6 is 11.2 Å². The van der Waals surface area contributed by atoms with Gasteiger partial charge in [-0.3, -0.25) is 0 Å². The second kappa shape index (κ2) is 6.41. The average Bonchev–Trinajstić information content (AvgIpc) is 2.56. The highest BCUT2D eigenvalue weighted by Crippen LogP contribution is 2.19. The summed E-state index contributed by atoms with van der Waals surface area (Å²) >= 11 is 1.63. The van der Waals surface area contributed by atoms with Gasteiger partial charge in [0, 0.05) is 10.5 Å². The van der Waals surface area contributed by atoms with Gasteiger partial charge < -0.3 is 0 Å². The van der Waals surface area contributed by atoms with Crippen LogP contribution < -0.4 is 0 Å². The van der Waals surface area contributed by atoms with E-state index in [4.69, 9.17) is 0 Å². The van der Waals surface area contributed by atoms with Crippen LogP contribution in [0.15, 0.2) is 83.8 Å². The summed E-state index contributed by atoms with van der Waals surface area (Å²) in [5.74, 6) is 0. The number of aryl methyl sites for hydroxylation is 1. The Morgan fingerprint density at radius 3 is 1.95 bits per heavy atom. The molecule has 0 saturated carbocycles. The van der Waals surface area contributed by atoms with E-state index < -0.39 is 0 Å². The minimum Gasteiger partial charge on any atom is -0.0924 e. The van der Waals surface area contributed by atoms with Gasteiger partial charge in [-0.15, -0.1) is 0 Å². The third-order valence-corrected chi connectivity index (χ3v) is 4.15. The van der Waals surface area contributed by atoms with E-state index in [9.17, 15) is 0 Å². The highest BCUT2D eigenvalue weighted by atomic mass is 32.1. The molecule has 0 atom stereocenters. The average molecular weight is 288 g/mol. The van der Waals surface area contributed by atoms with Gasteiger partial charge in [0.15, 0.2) is 0 Å². The number of hydrogen-bond acceptors (Lipinski definition) is 0. The van der Waals surface area contributed by atoms with Crippen molar-refractivity contribution in [1.82, 2.24) is 0 Å². The second-order valence-electron chi connectivity index (χ2n) is 4.96. The Bertz CT molecular complexity index is 773. The summed E-state index contributed by atoms with van der Waals surface area (Å²) in [6.07, 6.45) is 0. The minimum absolute atomic E-state index is 1.11. The molecule has 0 unspecified atom stereocenters. The molecule has 1 heteroatoms. The van der Waals surface area contributed by atoms with Gasteiger partial charge in [0.05, 0.1) is 0 Å². The van der Waals surface area contributed by atoms with Gasteiger partial charge in [0.2, 0.25) is 0 Å². The van der Waals surface area contributed by atoms with E-state index >= 15 is 0 Å². The molecule has 0 spiro atoms. The zero-order valence-electron chi connectivity index (χ0n) is 11.9. The fourth-order valence-corrected chi connectivity index (χ4v) is 2.73. The van der Waals surface area contributed by atoms with Crippen molar-refractivity contribution in [3.8, 4) is 16.3 Å². The lowest BCUT2D eigenvalue weighted by Crippen LogP contribution is -1.78. The molecule has 0 heterocycles. The first kappa shape index (κ1) is 13.6. The maximum absolute atomic E-state index is 3.38. The standard InChI is InChI=1S/C20H16S/c1-16-7-13-20(14-8-16)21-15-17-9-11-19(12-10-17)18-5-3-2-4-6-18/h2-14H,1H3. The third-order valence-electron chi connectivity index (χ3n) is 3.30. The number of rotatable bonds is 1. The number of benzene rings is 3. The van der Waals surface area contributed by atoms with E-state index in [0.29, 0.717) is 0 Å². The van der Waals surface area contributed by atoms with Crippen LogP contribution in [0.2, 0.25) is 0 Å². The van der Waals surface area contributed by atoms with Crippen LogP contribution in [0, 0.1) is 12.1 Å². The number of hydrogen-bond donors (Lipinski definition) is 0. The molecule has 0 nitrogen and oxygen atoms in total. The van der Waals surface area contributed by atoms with Gasteiger partial charge in [0.1, 0.15) is 0 Å². The molecular formula is C20H16S. The summed E-state index contributed by atoms with van der Waals surface area (Å²) in [5, 5.41) is 3.38. The Labute approximate surface area is 129 Å². The molecular weight excluding hydrogens is 272 g/mol. The lowest BCUT2D eigenvalue weighted by molar-refractivity contribution is 1.38. The van der Waals surface area contributed by atoms with Crippen LogP contribution in [-0.4, -0.2) is 0 Å². The molecule has 0 aliphatic heterocycles. The van der Waals surface area contributed by atoms with Crippen LogP contribution in [0.5, 0.6) is 0 Å². The molecule has 0 aliphatic rings. The van der Waals surface area contributed by atoms with E-state index in [1.165, 1.54) is 21.6 Å². The van der Waals surface area contributed by atoms with Crippen molar-refractivity contribution < 1.29 is 0 Å². The van der Waals surface area contributed by atoms with Gasteiger partial charge in [-0.25, -0.2) is 0 Å². The minimum atomic E-state index is 1.11. The Balaban J connectivity index is 1.81. The molecule has 0 N–H and O–H groups in total. The second-order valence-corrected chi connectivity index (χ2v) is 5.84. The third kappa shape index (κ3) is 3.61. The van der Waals surface area contributed by atoms with E-state index in [1.54, 1.807) is 11.2 Å². The summed E-state index contributed by atoms with van der Waals surface area (Å²) in [5.41, 5.74) is 4.88. The predicted molar refractivity (Wildman–Crippen MR) is 91.9 cm³/mol. The van der Waals surface area contributed by atoms with E-state index in [0.717, 1.165) is 5.56 Å². The maximum Gasteiger partial charge on any atom is 0.0354 e. The predicted octanol–water partition coefficient (Wildman–Crippen LogP) is 5.76. The molecule has 3 aromatic carbocycles. The molecule has 102 valence electrons. The lowest BCUT2D eigenvalue weighted by atomic mass is 10.0.